The molecule has 0 N–H and O–H groups in total. The predicted octanol–water partition coefficient (Wildman–Crippen LogP) is 4.64. The molecule has 1 amide bonds. The summed E-state index contributed by atoms with van der Waals surface area (Å²) in [6.45, 7) is 9.78. The standard InChI is InChI=1S/C26H28N2O4/c1-17-14-21(18-6-5-7-20(15-18)25(30)32-26(2,3)4)22-16-19(8-9-23(22)27-17)24(29)28-10-12-31-13-11-28/h5-9,14-16H,10-13H2,1-4H3. The molecule has 1 aliphatic heterocycles. The van der Waals surface area contributed by atoms with E-state index in [-0.39, 0.29) is 11.9 Å². The molecule has 0 saturated carbocycles. The number of carbonyl (C=O) groups excluding carboxylic acids is 2. The van der Waals surface area contributed by atoms with E-state index in [9.17, 15) is 9.59 Å². The van der Waals surface area contributed by atoms with Gasteiger partial charge in [0.2, 0.25) is 0 Å². The third-order valence-electron chi connectivity index (χ3n) is 5.29. The van der Waals surface area contributed by atoms with Gasteiger partial charge in [0, 0.05) is 29.7 Å². The van der Waals surface area contributed by atoms with Crippen LogP contribution in [0.3, 0.4) is 0 Å². The van der Waals surface area contributed by atoms with Gasteiger partial charge < -0.3 is 14.4 Å². The van der Waals surface area contributed by atoms with Crippen molar-refractivity contribution >= 4 is 22.8 Å². The Kier molecular flexibility index (Phi) is 5.98. The number of rotatable bonds is 3. The molecule has 2 aromatic carbocycles. The van der Waals surface area contributed by atoms with Crippen LogP contribution in [0.4, 0.5) is 0 Å². The smallest absolute Gasteiger partial charge is 0.338 e. The fourth-order valence-electron chi connectivity index (χ4n) is 3.83. The number of nitrogens with zero attached hydrogens (tertiary/aromatic N) is 2. The molecular weight excluding hydrogens is 404 g/mol. The highest BCUT2D eigenvalue weighted by Crippen LogP contribution is 2.31. The predicted molar refractivity (Wildman–Crippen MR) is 124 cm³/mol. The van der Waals surface area contributed by atoms with Crippen LogP contribution in [0.25, 0.3) is 22.0 Å². The molecule has 32 heavy (non-hydrogen) atoms. The van der Waals surface area contributed by atoms with Crippen LogP contribution in [0.1, 0.15) is 47.2 Å². The second-order valence-corrected chi connectivity index (χ2v) is 9.03. The summed E-state index contributed by atoms with van der Waals surface area (Å²) in [5.41, 5.74) is 4.01. The normalized spacial score (nSPS) is 14.4. The van der Waals surface area contributed by atoms with Crippen LogP contribution in [-0.4, -0.2) is 53.7 Å². The van der Waals surface area contributed by atoms with Gasteiger partial charge in [-0.3, -0.25) is 9.78 Å². The second kappa shape index (κ2) is 8.71. The molecule has 2 heterocycles. The van der Waals surface area contributed by atoms with Crippen molar-refractivity contribution in [3.63, 3.8) is 0 Å². The van der Waals surface area contributed by atoms with E-state index in [1.54, 1.807) is 6.07 Å². The lowest BCUT2D eigenvalue weighted by Gasteiger charge is -2.27. The van der Waals surface area contributed by atoms with Crippen LogP contribution < -0.4 is 0 Å². The van der Waals surface area contributed by atoms with E-state index < -0.39 is 5.60 Å². The lowest BCUT2D eigenvalue weighted by Crippen LogP contribution is -2.40. The van der Waals surface area contributed by atoms with Crippen molar-refractivity contribution < 1.29 is 19.1 Å². The van der Waals surface area contributed by atoms with Crippen molar-refractivity contribution in [1.82, 2.24) is 9.88 Å². The van der Waals surface area contributed by atoms with Gasteiger partial charge in [0.15, 0.2) is 0 Å². The Labute approximate surface area is 188 Å². The number of ether oxygens (including phenoxy) is 2. The van der Waals surface area contributed by atoms with Crippen LogP contribution in [0.15, 0.2) is 48.5 Å². The first kappa shape index (κ1) is 22.0. The number of aromatic nitrogens is 1. The SMILES string of the molecule is Cc1cc(-c2cccc(C(=O)OC(C)(C)C)c2)c2cc(C(=O)N3CCOCC3)ccc2n1. The third-order valence-corrected chi connectivity index (χ3v) is 5.29. The van der Waals surface area contributed by atoms with Crippen molar-refractivity contribution in [2.75, 3.05) is 26.3 Å². The van der Waals surface area contributed by atoms with Crippen LogP contribution in [0, 0.1) is 6.92 Å². The average Bonchev–Trinajstić information content (AvgIpc) is 2.77. The van der Waals surface area contributed by atoms with Crippen LogP contribution in [0.5, 0.6) is 0 Å². The summed E-state index contributed by atoms with van der Waals surface area (Å²) in [5.74, 6) is -0.373. The van der Waals surface area contributed by atoms with Gasteiger partial charge in [-0.1, -0.05) is 12.1 Å². The Balaban J connectivity index is 1.76. The van der Waals surface area contributed by atoms with Gasteiger partial charge in [-0.2, -0.15) is 0 Å². The lowest BCUT2D eigenvalue weighted by molar-refractivity contribution is 0.00694. The lowest BCUT2D eigenvalue weighted by atomic mass is 9.97. The monoisotopic (exact) mass is 432 g/mol. The minimum absolute atomic E-state index is 0.00997. The van der Waals surface area contributed by atoms with E-state index in [0.29, 0.717) is 37.4 Å². The summed E-state index contributed by atoms with van der Waals surface area (Å²) < 4.78 is 10.9. The number of esters is 1. The highest BCUT2D eigenvalue weighted by atomic mass is 16.6. The van der Waals surface area contributed by atoms with E-state index in [1.807, 2.05) is 75.1 Å². The first-order valence-electron chi connectivity index (χ1n) is 10.8. The van der Waals surface area contributed by atoms with Gasteiger partial charge in [0.25, 0.3) is 5.91 Å². The Morgan fingerprint density at radius 2 is 1.75 bits per heavy atom. The van der Waals surface area contributed by atoms with E-state index in [2.05, 4.69) is 4.98 Å². The molecule has 1 saturated heterocycles. The summed E-state index contributed by atoms with van der Waals surface area (Å²) in [4.78, 5) is 32.1. The van der Waals surface area contributed by atoms with E-state index >= 15 is 0 Å². The number of hydrogen-bond acceptors (Lipinski definition) is 5. The number of benzene rings is 2. The van der Waals surface area contributed by atoms with Gasteiger partial charge in [-0.05, 0) is 75.2 Å². The molecule has 6 heteroatoms. The molecular formula is C26H28N2O4. The maximum Gasteiger partial charge on any atom is 0.338 e. The van der Waals surface area contributed by atoms with E-state index in [1.165, 1.54) is 0 Å². The van der Waals surface area contributed by atoms with Gasteiger partial charge >= 0.3 is 5.97 Å². The molecule has 0 bridgehead atoms. The molecule has 4 rings (SSSR count). The van der Waals surface area contributed by atoms with Crippen LogP contribution in [0.2, 0.25) is 0 Å². The number of pyridine rings is 1. The van der Waals surface area contributed by atoms with Crippen molar-refractivity contribution in [3.8, 4) is 11.1 Å². The summed E-state index contributed by atoms with van der Waals surface area (Å²) in [7, 11) is 0. The second-order valence-electron chi connectivity index (χ2n) is 9.03. The van der Waals surface area contributed by atoms with Crippen molar-refractivity contribution in [2.24, 2.45) is 0 Å². The molecule has 6 nitrogen and oxygen atoms in total. The molecule has 3 aromatic rings. The van der Waals surface area contributed by atoms with Crippen molar-refractivity contribution in [1.29, 1.82) is 0 Å². The molecule has 0 aliphatic carbocycles. The minimum atomic E-state index is -0.568. The fraction of sp³-hybridized carbons (Fsp3) is 0.346. The van der Waals surface area contributed by atoms with Gasteiger partial charge in [0.1, 0.15) is 5.60 Å². The van der Waals surface area contributed by atoms with Crippen molar-refractivity contribution in [2.45, 2.75) is 33.3 Å². The first-order chi connectivity index (χ1) is 15.2. The summed E-state index contributed by atoms with van der Waals surface area (Å²) >= 11 is 0. The third kappa shape index (κ3) is 4.81. The largest absolute Gasteiger partial charge is 0.456 e. The Hall–Kier alpha value is -3.25. The Morgan fingerprint density at radius 1 is 1.00 bits per heavy atom. The van der Waals surface area contributed by atoms with Crippen molar-refractivity contribution in [3.05, 3.63) is 65.4 Å². The highest BCUT2D eigenvalue weighted by Gasteiger charge is 2.21. The summed E-state index contributed by atoms with van der Waals surface area (Å²) in [6.07, 6.45) is 0. The average molecular weight is 433 g/mol. The number of fused-ring (bicyclic) bond motifs is 1. The van der Waals surface area contributed by atoms with E-state index in [0.717, 1.165) is 27.7 Å². The molecule has 0 atom stereocenters. The van der Waals surface area contributed by atoms with E-state index in [4.69, 9.17) is 9.47 Å². The zero-order valence-electron chi connectivity index (χ0n) is 19.0. The Morgan fingerprint density at radius 3 is 2.47 bits per heavy atom. The number of morpholine rings is 1. The number of amides is 1. The molecule has 1 aromatic heterocycles. The number of hydrogen-bond donors (Lipinski definition) is 0. The quantitative estimate of drug-likeness (QED) is 0.564. The topological polar surface area (TPSA) is 68.7 Å². The molecule has 166 valence electrons. The van der Waals surface area contributed by atoms with Crippen LogP contribution in [-0.2, 0) is 9.47 Å². The zero-order valence-corrected chi connectivity index (χ0v) is 19.0. The summed E-state index contributed by atoms with van der Waals surface area (Å²) in [5, 5.41) is 0.871. The number of carbonyl (C=O) groups is 2. The van der Waals surface area contributed by atoms with Gasteiger partial charge in [0.05, 0.1) is 24.3 Å². The number of aryl methyl sites for hydroxylation is 1. The van der Waals surface area contributed by atoms with Gasteiger partial charge in [-0.25, -0.2) is 4.79 Å². The Bertz CT molecular complexity index is 1170. The molecule has 1 aliphatic rings. The minimum Gasteiger partial charge on any atom is -0.456 e. The maximum absolute atomic E-state index is 13.0. The highest BCUT2D eigenvalue weighted by molar-refractivity contribution is 6.03. The summed E-state index contributed by atoms with van der Waals surface area (Å²) in [6, 6.07) is 15.0. The molecule has 0 unspecified atom stereocenters. The van der Waals surface area contributed by atoms with Crippen LogP contribution >= 0.6 is 0 Å². The molecule has 0 radical (unpaired) electrons. The molecule has 1 fully saturated rings. The molecule has 0 spiro atoms. The van der Waals surface area contributed by atoms with Gasteiger partial charge in [-0.15, -0.1) is 0 Å². The first-order valence-corrected chi connectivity index (χ1v) is 10.8. The fourth-order valence-corrected chi connectivity index (χ4v) is 3.83. The maximum atomic E-state index is 13.0. The zero-order chi connectivity index (χ0) is 22.9.